The molecule has 5 nitrogen and oxygen atoms in total. The molecule has 1 atom stereocenters. The van der Waals surface area contributed by atoms with Crippen LogP contribution in [0, 0.1) is 5.92 Å². The molecule has 3 N–H and O–H groups in total. The Morgan fingerprint density at radius 3 is 2.50 bits per heavy atom. The van der Waals surface area contributed by atoms with Crippen LogP contribution in [0.4, 0.5) is 0 Å². The number of rotatable bonds is 7. The van der Waals surface area contributed by atoms with Gasteiger partial charge in [-0.1, -0.05) is 38.0 Å². The van der Waals surface area contributed by atoms with E-state index >= 15 is 0 Å². The Bertz CT molecular complexity index is 525. The summed E-state index contributed by atoms with van der Waals surface area (Å²) in [4.78, 5) is 26.7. The van der Waals surface area contributed by atoms with E-state index in [1.54, 1.807) is 0 Å². The maximum atomic E-state index is 12.4. The molecule has 0 saturated carbocycles. The first-order chi connectivity index (χ1) is 11.7. The van der Waals surface area contributed by atoms with Crippen LogP contribution in [-0.2, 0) is 4.79 Å². The first-order valence-corrected chi connectivity index (χ1v) is 9.00. The second-order valence-electron chi connectivity index (χ2n) is 6.52. The molecular weight excluding hydrogens is 302 g/mol. The fourth-order valence-corrected chi connectivity index (χ4v) is 3.13. The van der Waals surface area contributed by atoms with Crippen LogP contribution in [-0.4, -0.2) is 42.4 Å². The van der Waals surface area contributed by atoms with Crippen LogP contribution in [0.2, 0.25) is 0 Å². The summed E-state index contributed by atoms with van der Waals surface area (Å²) in [6.07, 6.45) is 4.55. The molecule has 1 fully saturated rings. The molecule has 1 saturated heterocycles. The van der Waals surface area contributed by atoms with E-state index in [1.165, 1.54) is 0 Å². The van der Waals surface area contributed by atoms with Crippen molar-refractivity contribution in [2.45, 2.75) is 45.1 Å². The maximum Gasteiger partial charge on any atom is 0.253 e. The summed E-state index contributed by atoms with van der Waals surface area (Å²) < 4.78 is 0. The molecule has 1 heterocycles. The van der Waals surface area contributed by atoms with Crippen LogP contribution in [0.3, 0.4) is 0 Å². The number of piperidine rings is 1. The van der Waals surface area contributed by atoms with E-state index in [1.807, 2.05) is 35.2 Å². The van der Waals surface area contributed by atoms with Crippen molar-refractivity contribution in [3.05, 3.63) is 35.9 Å². The van der Waals surface area contributed by atoms with Crippen LogP contribution in [0.25, 0.3) is 0 Å². The summed E-state index contributed by atoms with van der Waals surface area (Å²) in [6, 6.07) is 9.38. The molecule has 1 aromatic carbocycles. The van der Waals surface area contributed by atoms with E-state index in [0.717, 1.165) is 32.1 Å². The molecule has 132 valence electrons. The number of carbonyl (C=O) groups is 2. The Labute approximate surface area is 144 Å². The van der Waals surface area contributed by atoms with Gasteiger partial charge in [-0.3, -0.25) is 9.59 Å². The van der Waals surface area contributed by atoms with Crippen molar-refractivity contribution in [3.63, 3.8) is 0 Å². The van der Waals surface area contributed by atoms with Gasteiger partial charge in [-0.15, -0.1) is 0 Å². The van der Waals surface area contributed by atoms with Gasteiger partial charge in [0.25, 0.3) is 5.91 Å². The number of benzene rings is 1. The molecule has 0 bridgehead atoms. The lowest BCUT2D eigenvalue weighted by Gasteiger charge is -2.32. The molecule has 1 aromatic rings. The predicted molar refractivity (Wildman–Crippen MR) is 95.6 cm³/mol. The first kappa shape index (κ1) is 18.5. The minimum absolute atomic E-state index is 0.0134. The highest BCUT2D eigenvalue weighted by atomic mass is 16.2. The monoisotopic (exact) mass is 331 g/mol. The third-order valence-corrected chi connectivity index (χ3v) is 4.71. The van der Waals surface area contributed by atoms with Crippen molar-refractivity contribution in [1.82, 2.24) is 10.2 Å². The topological polar surface area (TPSA) is 75.4 Å². The standard InChI is InChI=1S/C19H29N3O2/c1-2-3-9-17(14-20)21-18(23)15-10-12-22(13-11-15)19(24)16-7-5-4-6-8-16/h4-8,15,17H,2-3,9-14,20H2,1H3,(H,21,23). The van der Waals surface area contributed by atoms with Crippen LogP contribution in [0.5, 0.6) is 0 Å². The molecular formula is C19H29N3O2. The Morgan fingerprint density at radius 1 is 1.25 bits per heavy atom. The average Bonchev–Trinajstić information content (AvgIpc) is 2.65. The Morgan fingerprint density at radius 2 is 1.92 bits per heavy atom. The fraction of sp³-hybridized carbons (Fsp3) is 0.579. The number of hydrogen-bond acceptors (Lipinski definition) is 3. The lowest BCUT2D eigenvalue weighted by Crippen LogP contribution is -2.47. The second-order valence-corrected chi connectivity index (χ2v) is 6.52. The van der Waals surface area contributed by atoms with Gasteiger partial charge in [-0.2, -0.15) is 0 Å². The number of carbonyl (C=O) groups excluding carboxylic acids is 2. The van der Waals surface area contributed by atoms with Crippen molar-refractivity contribution in [2.24, 2.45) is 11.7 Å². The quantitative estimate of drug-likeness (QED) is 0.804. The minimum atomic E-state index is -0.0134. The summed E-state index contributed by atoms with van der Waals surface area (Å²) in [5.41, 5.74) is 6.46. The highest BCUT2D eigenvalue weighted by molar-refractivity contribution is 5.94. The molecule has 0 radical (unpaired) electrons. The highest BCUT2D eigenvalue weighted by Crippen LogP contribution is 2.19. The zero-order valence-electron chi connectivity index (χ0n) is 14.5. The molecule has 1 aliphatic heterocycles. The van der Waals surface area contributed by atoms with Gasteiger partial charge in [0, 0.05) is 37.2 Å². The van der Waals surface area contributed by atoms with Gasteiger partial charge in [0.15, 0.2) is 0 Å². The second kappa shape index (κ2) is 9.42. The van der Waals surface area contributed by atoms with E-state index in [4.69, 9.17) is 5.73 Å². The Kier molecular flexibility index (Phi) is 7.25. The van der Waals surface area contributed by atoms with E-state index in [0.29, 0.717) is 25.2 Å². The van der Waals surface area contributed by atoms with E-state index < -0.39 is 0 Å². The number of hydrogen-bond donors (Lipinski definition) is 2. The molecule has 0 aromatic heterocycles. The van der Waals surface area contributed by atoms with Gasteiger partial charge >= 0.3 is 0 Å². The van der Waals surface area contributed by atoms with Crippen molar-refractivity contribution in [1.29, 1.82) is 0 Å². The third-order valence-electron chi connectivity index (χ3n) is 4.71. The number of nitrogens with one attached hydrogen (secondary N) is 1. The van der Waals surface area contributed by atoms with Crippen LogP contribution >= 0.6 is 0 Å². The maximum absolute atomic E-state index is 12.4. The number of nitrogens with zero attached hydrogens (tertiary/aromatic N) is 1. The van der Waals surface area contributed by atoms with Crippen molar-refractivity contribution in [2.75, 3.05) is 19.6 Å². The molecule has 0 aliphatic carbocycles. The number of likely N-dealkylation sites (tertiary alicyclic amines) is 1. The third kappa shape index (κ3) is 5.06. The zero-order valence-corrected chi connectivity index (χ0v) is 14.5. The van der Waals surface area contributed by atoms with Crippen molar-refractivity contribution in [3.8, 4) is 0 Å². The van der Waals surface area contributed by atoms with Gasteiger partial charge in [0.2, 0.25) is 5.91 Å². The predicted octanol–water partition coefficient (Wildman–Crippen LogP) is 2.17. The van der Waals surface area contributed by atoms with Gasteiger partial charge in [0.05, 0.1) is 0 Å². The zero-order chi connectivity index (χ0) is 17.4. The van der Waals surface area contributed by atoms with E-state index in [9.17, 15) is 9.59 Å². The normalized spacial score (nSPS) is 16.7. The van der Waals surface area contributed by atoms with Gasteiger partial charge in [0.1, 0.15) is 0 Å². The lowest BCUT2D eigenvalue weighted by molar-refractivity contribution is -0.127. The number of amides is 2. The molecule has 2 rings (SSSR count). The minimum Gasteiger partial charge on any atom is -0.352 e. The highest BCUT2D eigenvalue weighted by Gasteiger charge is 2.28. The SMILES string of the molecule is CCCCC(CN)NC(=O)C1CCN(C(=O)c2ccccc2)CC1. The summed E-state index contributed by atoms with van der Waals surface area (Å²) in [6.45, 7) is 3.88. The largest absolute Gasteiger partial charge is 0.352 e. The average molecular weight is 331 g/mol. The van der Waals surface area contributed by atoms with Gasteiger partial charge < -0.3 is 16.0 Å². The summed E-state index contributed by atoms with van der Waals surface area (Å²) in [7, 11) is 0. The van der Waals surface area contributed by atoms with E-state index in [-0.39, 0.29) is 23.8 Å². The molecule has 2 amide bonds. The Hall–Kier alpha value is -1.88. The van der Waals surface area contributed by atoms with E-state index in [2.05, 4.69) is 12.2 Å². The van der Waals surface area contributed by atoms with Gasteiger partial charge in [-0.05, 0) is 31.4 Å². The molecule has 24 heavy (non-hydrogen) atoms. The van der Waals surface area contributed by atoms with Crippen LogP contribution in [0.15, 0.2) is 30.3 Å². The number of nitrogens with two attached hydrogens (primary N) is 1. The number of unbranched alkanes of at least 4 members (excludes halogenated alkanes) is 1. The van der Waals surface area contributed by atoms with Crippen LogP contribution in [0.1, 0.15) is 49.4 Å². The van der Waals surface area contributed by atoms with Crippen molar-refractivity contribution < 1.29 is 9.59 Å². The first-order valence-electron chi connectivity index (χ1n) is 9.00. The summed E-state index contributed by atoms with van der Waals surface area (Å²) >= 11 is 0. The van der Waals surface area contributed by atoms with Crippen LogP contribution < -0.4 is 11.1 Å². The molecule has 1 aliphatic rings. The molecule has 0 spiro atoms. The smallest absolute Gasteiger partial charge is 0.253 e. The van der Waals surface area contributed by atoms with Crippen molar-refractivity contribution >= 4 is 11.8 Å². The molecule has 1 unspecified atom stereocenters. The Balaban J connectivity index is 1.81. The fourth-order valence-electron chi connectivity index (χ4n) is 3.13. The van der Waals surface area contributed by atoms with Gasteiger partial charge in [-0.25, -0.2) is 0 Å². The summed E-state index contributed by atoms with van der Waals surface area (Å²) in [5, 5.41) is 3.08. The lowest BCUT2D eigenvalue weighted by atomic mass is 9.94. The summed E-state index contributed by atoms with van der Waals surface area (Å²) in [5.74, 6) is 0.131. The molecule has 5 heteroatoms.